The first-order valence-corrected chi connectivity index (χ1v) is 12.8. The van der Waals surface area contributed by atoms with Crippen molar-refractivity contribution in [1.82, 2.24) is 30.2 Å². The fraction of sp³-hybridized carbons (Fsp3) is 0.444. The highest BCUT2D eigenvalue weighted by Gasteiger charge is 2.54. The van der Waals surface area contributed by atoms with E-state index in [-0.39, 0.29) is 17.9 Å². The van der Waals surface area contributed by atoms with E-state index in [4.69, 9.17) is 0 Å². The molecule has 3 atom stereocenters. The van der Waals surface area contributed by atoms with Crippen LogP contribution in [0, 0.1) is 23.0 Å². The number of β-lactam (4-membered cyclic amide) rings is 1. The molecule has 0 radical (unpaired) electrons. The molecule has 0 saturated carbocycles. The minimum atomic E-state index is -1.19. The highest BCUT2D eigenvalue weighted by molar-refractivity contribution is 8.01. The van der Waals surface area contributed by atoms with Crippen molar-refractivity contribution >= 4 is 58.3 Å². The number of nitro groups is 1. The largest absolute Gasteiger partial charge is 0.477 e. The lowest BCUT2D eigenvalue weighted by molar-refractivity contribution is -0.385. The van der Waals surface area contributed by atoms with E-state index in [9.17, 15) is 29.6 Å². The second-order valence-corrected chi connectivity index (χ2v) is 11.1. The van der Waals surface area contributed by atoms with Crippen LogP contribution in [0.2, 0.25) is 0 Å². The van der Waals surface area contributed by atoms with Gasteiger partial charge in [-0.05, 0) is 12.5 Å². The van der Waals surface area contributed by atoms with E-state index >= 15 is 0 Å². The predicted octanol–water partition coefficient (Wildman–Crippen LogP) is 1.12. The second-order valence-electron chi connectivity index (χ2n) is 7.61. The van der Waals surface area contributed by atoms with Gasteiger partial charge in [-0.1, -0.05) is 30.0 Å². The lowest BCUT2D eigenvalue weighted by Gasteiger charge is -2.49. The van der Waals surface area contributed by atoms with Gasteiger partial charge < -0.3 is 10.4 Å². The summed E-state index contributed by atoms with van der Waals surface area (Å²) in [5, 5.41) is 35.4. The Hall–Kier alpha value is -2.98. The van der Waals surface area contributed by atoms with Gasteiger partial charge in [0.05, 0.1) is 17.4 Å². The number of hydrogen-bond acceptors (Lipinski definition) is 11. The summed E-state index contributed by atoms with van der Waals surface area (Å²) in [7, 11) is 0. The molecule has 0 spiro atoms. The molecule has 4 heterocycles. The molecule has 0 bridgehead atoms. The SMILES string of the molecule is Cc1nnc(SCC2=C(C(=O)O)N3C(=O)[C@H](NC(=O)[C@@H](C)Cn4cc([N+](=O)[O-])cn4)[C@H]3SC2)s1. The van der Waals surface area contributed by atoms with Crippen LogP contribution in [0.4, 0.5) is 5.69 Å². The van der Waals surface area contributed by atoms with Gasteiger partial charge in [0, 0.05) is 11.5 Å². The van der Waals surface area contributed by atoms with Crippen LogP contribution < -0.4 is 5.32 Å². The predicted molar refractivity (Wildman–Crippen MR) is 123 cm³/mol. The molecule has 2 aliphatic heterocycles. The van der Waals surface area contributed by atoms with Crippen LogP contribution in [-0.4, -0.2) is 75.6 Å². The van der Waals surface area contributed by atoms with Gasteiger partial charge in [0.2, 0.25) is 5.91 Å². The van der Waals surface area contributed by atoms with Crippen molar-refractivity contribution in [2.75, 3.05) is 11.5 Å². The van der Waals surface area contributed by atoms with Crippen LogP contribution in [0.1, 0.15) is 11.9 Å². The summed E-state index contributed by atoms with van der Waals surface area (Å²) >= 11 is 4.17. The van der Waals surface area contributed by atoms with Crippen LogP contribution in [0.5, 0.6) is 0 Å². The van der Waals surface area contributed by atoms with Gasteiger partial charge in [0.25, 0.3) is 5.91 Å². The lowest BCUT2D eigenvalue weighted by Crippen LogP contribution is -2.71. The number of rotatable bonds is 9. The molecule has 4 rings (SSSR count). The number of hydrogen-bond donors (Lipinski definition) is 2. The number of fused-ring (bicyclic) bond motifs is 1. The lowest BCUT2D eigenvalue weighted by atomic mass is 10.0. The molecule has 2 aromatic rings. The third-order valence-electron chi connectivity index (χ3n) is 5.16. The number of nitrogens with zero attached hydrogens (tertiary/aromatic N) is 6. The number of thioether (sulfide) groups is 2. The zero-order chi connectivity index (χ0) is 24.6. The van der Waals surface area contributed by atoms with Crippen molar-refractivity contribution in [2.24, 2.45) is 5.92 Å². The van der Waals surface area contributed by atoms with Gasteiger partial charge in [-0.15, -0.1) is 22.0 Å². The third kappa shape index (κ3) is 4.78. The summed E-state index contributed by atoms with van der Waals surface area (Å²) in [6.07, 6.45) is 2.32. The maximum Gasteiger partial charge on any atom is 0.352 e. The number of aryl methyl sites for hydroxylation is 1. The molecule has 0 aromatic carbocycles. The Kier molecular flexibility index (Phi) is 6.90. The molecule has 180 valence electrons. The Balaban J connectivity index is 1.39. The molecule has 34 heavy (non-hydrogen) atoms. The van der Waals surface area contributed by atoms with Crippen LogP contribution in [0.15, 0.2) is 28.0 Å². The third-order valence-corrected chi connectivity index (χ3v) is 8.56. The first kappa shape index (κ1) is 24.2. The van der Waals surface area contributed by atoms with Crippen molar-refractivity contribution in [3.05, 3.63) is 38.8 Å². The molecule has 2 aromatic heterocycles. The van der Waals surface area contributed by atoms with Crippen LogP contribution in [0.25, 0.3) is 0 Å². The monoisotopic (exact) mass is 525 g/mol. The van der Waals surface area contributed by atoms with E-state index in [1.807, 2.05) is 6.92 Å². The minimum absolute atomic E-state index is 0.0510. The first-order chi connectivity index (χ1) is 16.2. The van der Waals surface area contributed by atoms with Gasteiger partial charge in [-0.25, -0.2) is 4.79 Å². The number of carboxylic acid groups (broad SMARTS) is 1. The fourth-order valence-corrected chi connectivity index (χ4v) is 6.79. The van der Waals surface area contributed by atoms with Gasteiger partial charge in [0.15, 0.2) is 4.34 Å². The molecule has 1 fully saturated rings. The summed E-state index contributed by atoms with van der Waals surface area (Å²) in [5.41, 5.74) is 0.377. The summed E-state index contributed by atoms with van der Waals surface area (Å²) < 4.78 is 2.01. The standard InChI is InChI=1S/C18H19N7O6S3/c1-8(4-23-5-11(3-19-23)25(30)31)14(26)20-12-15(27)24-13(17(28)29)10(6-32-16(12)24)7-33-18-22-21-9(2)34-18/h3,5,8,12,16H,4,6-7H2,1-2H3,(H,20,26)(H,28,29)/t8-,12-,16+/m0/s1. The van der Waals surface area contributed by atoms with E-state index in [0.29, 0.717) is 17.1 Å². The summed E-state index contributed by atoms with van der Waals surface area (Å²) in [4.78, 5) is 48.8. The summed E-state index contributed by atoms with van der Waals surface area (Å²) in [6.45, 7) is 3.54. The Morgan fingerprint density at radius 1 is 1.44 bits per heavy atom. The Labute approximate surface area is 205 Å². The fourth-order valence-electron chi connectivity index (χ4n) is 3.49. The van der Waals surface area contributed by atoms with Crippen LogP contribution >= 0.6 is 34.9 Å². The molecule has 2 N–H and O–H groups in total. The zero-order valence-corrected chi connectivity index (χ0v) is 20.4. The van der Waals surface area contributed by atoms with Crippen molar-refractivity contribution in [1.29, 1.82) is 0 Å². The normalized spacial score (nSPS) is 20.5. The quantitative estimate of drug-likeness (QED) is 0.208. The Morgan fingerprint density at radius 3 is 2.82 bits per heavy atom. The Morgan fingerprint density at radius 2 is 2.21 bits per heavy atom. The summed E-state index contributed by atoms with van der Waals surface area (Å²) in [5.74, 6) is -1.96. The smallest absolute Gasteiger partial charge is 0.352 e. The number of aliphatic carboxylic acids is 1. The molecule has 0 aliphatic carbocycles. The van der Waals surface area contributed by atoms with Crippen molar-refractivity contribution in [2.45, 2.75) is 36.1 Å². The van der Waals surface area contributed by atoms with E-state index in [2.05, 4.69) is 20.6 Å². The van der Waals surface area contributed by atoms with Gasteiger partial charge in [-0.3, -0.25) is 29.3 Å². The van der Waals surface area contributed by atoms with E-state index in [1.165, 1.54) is 50.6 Å². The number of carbonyl (C=O) groups is 3. The van der Waals surface area contributed by atoms with Gasteiger partial charge in [0.1, 0.15) is 34.5 Å². The zero-order valence-electron chi connectivity index (χ0n) is 17.9. The Bertz CT molecular complexity index is 1190. The number of carboxylic acids is 1. The average molecular weight is 526 g/mol. The van der Waals surface area contributed by atoms with Crippen LogP contribution in [-0.2, 0) is 20.9 Å². The van der Waals surface area contributed by atoms with Gasteiger partial charge >= 0.3 is 11.7 Å². The van der Waals surface area contributed by atoms with Gasteiger partial charge in [-0.2, -0.15) is 5.10 Å². The molecule has 0 unspecified atom stereocenters. The van der Waals surface area contributed by atoms with Crippen molar-refractivity contribution < 1.29 is 24.4 Å². The molecule has 16 heteroatoms. The molecule has 1 saturated heterocycles. The van der Waals surface area contributed by atoms with E-state index in [1.54, 1.807) is 6.92 Å². The minimum Gasteiger partial charge on any atom is -0.477 e. The highest BCUT2D eigenvalue weighted by atomic mass is 32.2. The van der Waals surface area contributed by atoms with E-state index < -0.39 is 40.0 Å². The van der Waals surface area contributed by atoms with E-state index in [0.717, 1.165) is 15.5 Å². The number of nitrogens with one attached hydrogen (secondary N) is 1. The topological polar surface area (TPSA) is 173 Å². The second kappa shape index (κ2) is 9.71. The summed E-state index contributed by atoms with van der Waals surface area (Å²) in [6, 6.07) is -0.846. The maximum atomic E-state index is 12.8. The average Bonchev–Trinajstić information content (AvgIpc) is 3.43. The number of amides is 2. The molecule has 2 amide bonds. The number of aromatic nitrogens is 4. The van der Waals surface area contributed by atoms with Crippen LogP contribution in [0.3, 0.4) is 0 Å². The molecular formula is C18H19N7O6S3. The van der Waals surface area contributed by atoms with Crippen molar-refractivity contribution in [3.63, 3.8) is 0 Å². The molecule has 13 nitrogen and oxygen atoms in total. The van der Waals surface area contributed by atoms with Crippen molar-refractivity contribution in [3.8, 4) is 0 Å². The molecular weight excluding hydrogens is 506 g/mol. The maximum absolute atomic E-state index is 12.8. The first-order valence-electron chi connectivity index (χ1n) is 9.95. The molecule has 2 aliphatic rings. The number of carbonyl (C=O) groups excluding carboxylic acids is 2. The highest BCUT2D eigenvalue weighted by Crippen LogP contribution is 2.41.